The van der Waals surface area contributed by atoms with Crippen LogP contribution in [0.3, 0.4) is 0 Å². The largest absolute Gasteiger partial charge is 0.381 e. The number of nitrogens with zero attached hydrogens (tertiary/aromatic N) is 4. The highest BCUT2D eigenvalue weighted by Crippen LogP contribution is 2.40. The second-order valence-electron chi connectivity index (χ2n) is 9.82. The van der Waals surface area contributed by atoms with E-state index in [1.165, 1.54) is 17.6 Å². The number of nitrogen functional groups attached to an aromatic ring is 1. The maximum absolute atomic E-state index is 13.3. The maximum atomic E-state index is 13.3. The number of sulfonamides is 1. The van der Waals surface area contributed by atoms with Crippen LogP contribution in [-0.4, -0.2) is 58.9 Å². The van der Waals surface area contributed by atoms with Crippen molar-refractivity contribution in [2.24, 2.45) is 5.92 Å². The van der Waals surface area contributed by atoms with E-state index in [2.05, 4.69) is 20.1 Å². The average molecular weight is 510 g/mol. The molecule has 1 aromatic carbocycles. The molecule has 2 amide bonds. The number of nitrogens with one attached hydrogen (secondary N) is 2. The van der Waals surface area contributed by atoms with Gasteiger partial charge in [0, 0.05) is 30.4 Å². The Hall–Kier alpha value is -3.51. The van der Waals surface area contributed by atoms with E-state index in [4.69, 9.17) is 5.73 Å². The highest BCUT2D eigenvalue weighted by Gasteiger charge is 2.41. The van der Waals surface area contributed by atoms with Crippen LogP contribution in [0.2, 0.25) is 0 Å². The Morgan fingerprint density at radius 2 is 1.97 bits per heavy atom. The van der Waals surface area contributed by atoms with Crippen molar-refractivity contribution in [1.82, 2.24) is 29.5 Å². The summed E-state index contributed by atoms with van der Waals surface area (Å²) in [4.78, 5) is 32.5. The van der Waals surface area contributed by atoms with Gasteiger partial charge in [-0.1, -0.05) is 0 Å². The average Bonchev–Trinajstić information content (AvgIpc) is 3.78. The Labute approximate surface area is 208 Å². The molecule has 188 valence electrons. The number of aromatic nitrogens is 3. The molecule has 1 atom stereocenters. The van der Waals surface area contributed by atoms with E-state index in [-0.39, 0.29) is 51.4 Å². The number of hydrogen-bond donors (Lipinski definition) is 3. The van der Waals surface area contributed by atoms with E-state index in [1.807, 2.05) is 13.0 Å². The highest BCUT2D eigenvalue weighted by molar-refractivity contribution is 7.89. The Bertz CT molecular complexity index is 1540. The van der Waals surface area contributed by atoms with Crippen molar-refractivity contribution in [3.05, 3.63) is 41.1 Å². The van der Waals surface area contributed by atoms with Crippen molar-refractivity contribution < 1.29 is 18.0 Å². The fraction of sp³-hybridized carbons (Fsp3) is 0.417. The van der Waals surface area contributed by atoms with Gasteiger partial charge in [-0.2, -0.15) is 0 Å². The topological polar surface area (TPSA) is 152 Å². The quantitative estimate of drug-likeness (QED) is 0.437. The number of rotatable bonds is 7. The Balaban J connectivity index is 1.47. The van der Waals surface area contributed by atoms with Gasteiger partial charge in [-0.3, -0.25) is 9.59 Å². The Kier molecular flexibility index (Phi) is 5.09. The number of anilines is 1. The molecule has 12 heteroatoms. The standard InChI is InChI=1S/C24H27N7O4S/c1-12(13-3-4-13)30-11-15-9-14(10-18(19(15)24(30)33)36(34,35)26-2)17-7-8-31-22(28-17)20(21(25)29-31)23(32)27-16-5-6-16/h7-10,12-13,16,26H,3-6,11H2,1-2H3,(H2,25,29)(H,27,32). The summed E-state index contributed by atoms with van der Waals surface area (Å²) >= 11 is 0. The lowest BCUT2D eigenvalue weighted by Gasteiger charge is -2.24. The lowest BCUT2D eigenvalue weighted by molar-refractivity contribution is 0.0694. The first-order valence-electron chi connectivity index (χ1n) is 12.1. The van der Waals surface area contributed by atoms with Crippen LogP contribution in [0.5, 0.6) is 0 Å². The third-order valence-corrected chi connectivity index (χ3v) is 8.74. The molecule has 2 aliphatic carbocycles. The maximum Gasteiger partial charge on any atom is 0.259 e. The molecule has 0 spiro atoms. The van der Waals surface area contributed by atoms with Gasteiger partial charge in [0.15, 0.2) is 11.5 Å². The van der Waals surface area contributed by atoms with E-state index >= 15 is 0 Å². The molecule has 1 aliphatic heterocycles. The minimum Gasteiger partial charge on any atom is -0.381 e. The molecule has 2 fully saturated rings. The van der Waals surface area contributed by atoms with Crippen molar-refractivity contribution in [3.8, 4) is 11.3 Å². The lowest BCUT2D eigenvalue weighted by Crippen LogP contribution is -2.35. The van der Waals surface area contributed by atoms with Gasteiger partial charge in [0.25, 0.3) is 11.8 Å². The molecule has 1 unspecified atom stereocenters. The van der Waals surface area contributed by atoms with Crippen LogP contribution in [0.25, 0.3) is 16.9 Å². The molecule has 3 heterocycles. The fourth-order valence-corrected chi connectivity index (χ4v) is 5.87. The second kappa shape index (κ2) is 8.00. The summed E-state index contributed by atoms with van der Waals surface area (Å²) in [7, 11) is -2.61. The summed E-state index contributed by atoms with van der Waals surface area (Å²) in [5.41, 5.74) is 8.32. The molecule has 11 nitrogen and oxygen atoms in total. The molecule has 4 N–H and O–H groups in total. The van der Waals surface area contributed by atoms with Crippen molar-refractivity contribution in [2.45, 2.75) is 56.1 Å². The number of nitrogens with two attached hydrogens (primary N) is 1. The van der Waals surface area contributed by atoms with Gasteiger partial charge in [0.05, 0.1) is 16.2 Å². The van der Waals surface area contributed by atoms with E-state index in [1.54, 1.807) is 17.2 Å². The molecule has 2 saturated carbocycles. The van der Waals surface area contributed by atoms with Crippen LogP contribution in [0.15, 0.2) is 29.3 Å². The van der Waals surface area contributed by atoms with Gasteiger partial charge in [-0.15, -0.1) is 5.10 Å². The monoisotopic (exact) mass is 509 g/mol. The Morgan fingerprint density at radius 1 is 1.22 bits per heavy atom. The zero-order valence-corrected chi connectivity index (χ0v) is 20.8. The highest BCUT2D eigenvalue weighted by atomic mass is 32.2. The van der Waals surface area contributed by atoms with Crippen LogP contribution >= 0.6 is 0 Å². The first kappa shape index (κ1) is 22.9. The van der Waals surface area contributed by atoms with Crippen molar-refractivity contribution >= 4 is 33.3 Å². The fourth-order valence-electron chi connectivity index (χ4n) is 4.88. The summed E-state index contributed by atoms with van der Waals surface area (Å²) in [6, 6.07) is 5.14. The predicted octanol–water partition coefficient (Wildman–Crippen LogP) is 1.53. The van der Waals surface area contributed by atoms with Crippen molar-refractivity contribution in [2.75, 3.05) is 12.8 Å². The molecule has 6 rings (SSSR count). The van der Waals surface area contributed by atoms with Crippen LogP contribution in [0.4, 0.5) is 5.82 Å². The molecule has 0 radical (unpaired) electrons. The van der Waals surface area contributed by atoms with E-state index < -0.39 is 10.0 Å². The third kappa shape index (κ3) is 3.71. The van der Waals surface area contributed by atoms with Crippen molar-refractivity contribution in [1.29, 1.82) is 0 Å². The zero-order chi connectivity index (χ0) is 25.4. The van der Waals surface area contributed by atoms with Crippen LogP contribution in [0, 0.1) is 5.92 Å². The smallest absolute Gasteiger partial charge is 0.259 e. The normalized spacial score (nSPS) is 18.5. The number of benzene rings is 1. The molecular weight excluding hydrogens is 482 g/mol. The molecule has 2 aromatic heterocycles. The van der Waals surface area contributed by atoms with Crippen molar-refractivity contribution in [3.63, 3.8) is 0 Å². The minimum atomic E-state index is -3.93. The lowest BCUT2D eigenvalue weighted by atomic mass is 10.0. The van der Waals surface area contributed by atoms with Gasteiger partial charge in [0.1, 0.15) is 5.56 Å². The molecule has 3 aliphatic rings. The number of amides is 2. The summed E-state index contributed by atoms with van der Waals surface area (Å²) in [6.07, 6.45) is 5.63. The van der Waals surface area contributed by atoms with E-state index in [9.17, 15) is 18.0 Å². The van der Waals surface area contributed by atoms with Crippen LogP contribution in [0.1, 0.15) is 58.9 Å². The molecule has 36 heavy (non-hydrogen) atoms. The zero-order valence-electron chi connectivity index (χ0n) is 20.0. The van der Waals surface area contributed by atoms with E-state index in [0.717, 1.165) is 25.7 Å². The van der Waals surface area contributed by atoms with Crippen LogP contribution < -0.4 is 15.8 Å². The minimum absolute atomic E-state index is 0.0373. The second-order valence-corrected chi connectivity index (χ2v) is 11.7. The molecular formula is C24H27N7O4S. The SMILES string of the molecule is CNS(=O)(=O)c1cc(-c2ccn3nc(N)c(C(=O)NC4CC4)c3n2)cc2c1C(=O)N(C(C)C1CC1)C2. The summed E-state index contributed by atoms with van der Waals surface area (Å²) in [5, 5.41) is 7.11. The predicted molar refractivity (Wildman–Crippen MR) is 132 cm³/mol. The number of carbonyl (C=O) groups is 2. The third-order valence-electron chi connectivity index (χ3n) is 7.30. The summed E-state index contributed by atoms with van der Waals surface area (Å²) in [5.74, 6) is -0.0858. The van der Waals surface area contributed by atoms with Gasteiger partial charge in [-0.25, -0.2) is 22.6 Å². The summed E-state index contributed by atoms with van der Waals surface area (Å²) < 4.78 is 29.8. The molecule has 0 bridgehead atoms. The van der Waals surface area contributed by atoms with E-state index in [0.29, 0.717) is 29.3 Å². The summed E-state index contributed by atoms with van der Waals surface area (Å²) in [6.45, 7) is 2.35. The van der Waals surface area contributed by atoms with Gasteiger partial charge >= 0.3 is 0 Å². The van der Waals surface area contributed by atoms with Crippen LogP contribution in [-0.2, 0) is 16.6 Å². The first-order chi connectivity index (χ1) is 17.2. The van der Waals surface area contributed by atoms with Gasteiger partial charge in [0.2, 0.25) is 10.0 Å². The molecule has 0 saturated heterocycles. The number of hydrogen-bond acceptors (Lipinski definition) is 7. The number of carbonyl (C=O) groups excluding carboxylic acids is 2. The molecule has 3 aromatic rings. The van der Waals surface area contributed by atoms with Gasteiger partial charge in [-0.05, 0) is 69.3 Å². The first-order valence-corrected chi connectivity index (χ1v) is 13.5. The van der Waals surface area contributed by atoms with Gasteiger partial charge < -0.3 is 16.0 Å². The Morgan fingerprint density at radius 3 is 2.64 bits per heavy atom. The number of fused-ring (bicyclic) bond motifs is 2.